The lowest BCUT2D eigenvalue weighted by atomic mass is 9.82. The highest BCUT2D eigenvalue weighted by atomic mass is 16.5. The van der Waals surface area contributed by atoms with Gasteiger partial charge in [0.05, 0.1) is 29.3 Å². The minimum Gasteiger partial charge on any atom is -0.452 e. The fourth-order valence-electron chi connectivity index (χ4n) is 2.91. The van der Waals surface area contributed by atoms with E-state index in [0.29, 0.717) is 0 Å². The SMILES string of the molecule is N#CCCNC(=O)COC(=O)c1ccc2c(c1N)C(=O)c1ccccc1C2=O. The molecule has 0 atom stereocenters. The van der Waals surface area contributed by atoms with Crippen LogP contribution >= 0.6 is 0 Å². The van der Waals surface area contributed by atoms with Gasteiger partial charge < -0.3 is 15.8 Å². The Morgan fingerprint density at radius 2 is 1.71 bits per heavy atom. The number of fused-ring (bicyclic) bond motifs is 2. The van der Waals surface area contributed by atoms with Gasteiger partial charge in [-0.1, -0.05) is 24.3 Å². The average Bonchev–Trinajstić information content (AvgIpc) is 2.70. The van der Waals surface area contributed by atoms with Crippen molar-refractivity contribution in [3.63, 3.8) is 0 Å². The molecule has 140 valence electrons. The molecule has 0 bridgehead atoms. The predicted molar refractivity (Wildman–Crippen MR) is 97.7 cm³/mol. The number of nitrogens with zero attached hydrogens (tertiary/aromatic N) is 1. The third-order valence-corrected chi connectivity index (χ3v) is 4.25. The fourth-order valence-corrected chi connectivity index (χ4v) is 2.91. The molecule has 0 aliphatic heterocycles. The highest BCUT2D eigenvalue weighted by molar-refractivity contribution is 6.30. The van der Waals surface area contributed by atoms with Crippen LogP contribution in [-0.4, -0.2) is 36.6 Å². The zero-order valence-corrected chi connectivity index (χ0v) is 14.7. The molecule has 0 saturated carbocycles. The number of carbonyl (C=O) groups excluding carboxylic acids is 4. The minimum atomic E-state index is -0.894. The van der Waals surface area contributed by atoms with Gasteiger partial charge in [0.2, 0.25) is 0 Å². The summed E-state index contributed by atoms with van der Waals surface area (Å²) in [5.74, 6) is -2.27. The minimum absolute atomic E-state index is 0.0448. The molecule has 1 aliphatic carbocycles. The highest BCUT2D eigenvalue weighted by Crippen LogP contribution is 2.32. The molecule has 0 heterocycles. The maximum absolute atomic E-state index is 12.8. The van der Waals surface area contributed by atoms with E-state index in [0.717, 1.165) is 0 Å². The van der Waals surface area contributed by atoms with E-state index in [1.54, 1.807) is 18.2 Å². The first-order valence-corrected chi connectivity index (χ1v) is 8.37. The van der Waals surface area contributed by atoms with Crippen molar-refractivity contribution in [3.8, 4) is 6.07 Å². The summed E-state index contributed by atoms with van der Waals surface area (Å²) < 4.78 is 4.91. The number of esters is 1. The van der Waals surface area contributed by atoms with Gasteiger partial charge >= 0.3 is 5.97 Å². The molecule has 2 aromatic rings. The van der Waals surface area contributed by atoms with Crippen molar-refractivity contribution < 1.29 is 23.9 Å². The van der Waals surface area contributed by atoms with Crippen molar-refractivity contribution in [1.29, 1.82) is 5.26 Å². The number of nitrogens with two attached hydrogens (primary N) is 1. The van der Waals surface area contributed by atoms with E-state index in [9.17, 15) is 19.2 Å². The average molecular weight is 377 g/mol. The Morgan fingerprint density at radius 3 is 2.39 bits per heavy atom. The van der Waals surface area contributed by atoms with Crippen LogP contribution in [0.2, 0.25) is 0 Å². The van der Waals surface area contributed by atoms with Gasteiger partial charge in [-0.25, -0.2) is 4.79 Å². The Hall–Kier alpha value is -3.99. The maximum Gasteiger partial charge on any atom is 0.340 e. The Bertz CT molecular complexity index is 1050. The summed E-state index contributed by atoms with van der Waals surface area (Å²) in [4.78, 5) is 49.3. The number of nitrogen functional groups attached to an aromatic ring is 1. The Morgan fingerprint density at radius 1 is 1.04 bits per heavy atom. The van der Waals surface area contributed by atoms with Gasteiger partial charge in [-0.05, 0) is 12.1 Å². The lowest BCUT2D eigenvalue weighted by Gasteiger charge is -2.20. The molecule has 0 spiro atoms. The van der Waals surface area contributed by atoms with Crippen molar-refractivity contribution in [3.05, 3.63) is 64.2 Å². The van der Waals surface area contributed by atoms with E-state index >= 15 is 0 Å². The summed E-state index contributed by atoms with van der Waals surface area (Å²) in [7, 11) is 0. The van der Waals surface area contributed by atoms with Gasteiger partial charge in [0.25, 0.3) is 5.91 Å². The largest absolute Gasteiger partial charge is 0.452 e. The summed E-state index contributed by atoms with van der Waals surface area (Å²) >= 11 is 0. The molecule has 1 amide bonds. The second kappa shape index (κ2) is 7.72. The van der Waals surface area contributed by atoms with Crippen molar-refractivity contribution in [2.75, 3.05) is 18.9 Å². The number of hydrogen-bond acceptors (Lipinski definition) is 7. The van der Waals surface area contributed by atoms with E-state index in [1.807, 2.05) is 6.07 Å². The van der Waals surface area contributed by atoms with E-state index < -0.39 is 24.3 Å². The van der Waals surface area contributed by atoms with Crippen LogP contribution in [0.15, 0.2) is 36.4 Å². The van der Waals surface area contributed by atoms with E-state index in [4.69, 9.17) is 15.7 Å². The van der Waals surface area contributed by atoms with Gasteiger partial charge in [-0.3, -0.25) is 14.4 Å². The van der Waals surface area contributed by atoms with Gasteiger partial charge in [-0.2, -0.15) is 5.26 Å². The van der Waals surface area contributed by atoms with Crippen molar-refractivity contribution >= 4 is 29.1 Å². The van der Waals surface area contributed by atoms with Crippen LogP contribution in [0.1, 0.15) is 48.6 Å². The number of hydrogen-bond donors (Lipinski definition) is 2. The summed E-state index contributed by atoms with van der Waals surface area (Å²) in [5.41, 5.74) is 6.31. The fraction of sp³-hybridized carbons (Fsp3) is 0.150. The van der Waals surface area contributed by atoms with Crippen LogP contribution in [0, 0.1) is 11.3 Å². The smallest absolute Gasteiger partial charge is 0.340 e. The van der Waals surface area contributed by atoms with Crippen LogP contribution in [0.3, 0.4) is 0 Å². The van der Waals surface area contributed by atoms with E-state index in [1.165, 1.54) is 18.2 Å². The molecule has 0 aromatic heterocycles. The van der Waals surface area contributed by atoms with E-state index in [2.05, 4.69) is 5.32 Å². The molecular weight excluding hydrogens is 362 g/mol. The molecule has 8 nitrogen and oxygen atoms in total. The molecule has 0 unspecified atom stereocenters. The number of nitriles is 1. The summed E-state index contributed by atoms with van der Waals surface area (Å²) in [5, 5.41) is 10.8. The molecule has 8 heteroatoms. The molecule has 1 aliphatic rings. The summed E-state index contributed by atoms with van der Waals surface area (Å²) in [6, 6.07) is 10.9. The van der Waals surface area contributed by atoms with Crippen LogP contribution in [-0.2, 0) is 9.53 Å². The number of nitrogens with one attached hydrogen (secondary N) is 1. The van der Waals surface area contributed by atoms with Gasteiger partial charge in [0.15, 0.2) is 18.2 Å². The first-order chi connectivity index (χ1) is 13.5. The number of amides is 1. The monoisotopic (exact) mass is 377 g/mol. The molecular formula is C20H15N3O5. The summed E-state index contributed by atoms with van der Waals surface area (Å²) in [6.45, 7) is -0.416. The van der Waals surface area contributed by atoms with Crippen molar-refractivity contribution in [2.24, 2.45) is 0 Å². The normalized spacial score (nSPS) is 11.8. The first-order valence-electron chi connectivity index (χ1n) is 8.37. The highest BCUT2D eigenvalue weighted by Gasteiger charge is 2.33. The van der Waals surface area contributed by atoms with Crippen molar-refractivity contribution in [1.82, 2.24) is 5.32 Å². The first kappa shape index (κ1) is 18.8. The zero-order chi connectivity index (χ0) is 20.3. The van der Waals surface area contributed by atoms with Crippen LogP contribution in [0.4, 0.5) is 5.69 Å². The molecule has 2 aromatic carbocycles. The number of benzene rings is 2. The second-order valence-electron chi connectivity index (χ2n) is 5.99. The number of anilines is 1. The Kier molecular flexibility index (Phi) is 5.18. The molecule has 3 N–H and O–H groups in total. The second-order valence-corrected chi connectivity index (χ2v) is 5.99. The lowest BCUT2D eigenvalue weighted by Crippen LogP contribution is -2.30. The van der Waals surface area contributed by atoms with Crippen LogP contribution < -0.4 is 11.1 Å². The predicted octanol–water partition coefficient (Wildman–Crippen LogP) is 1.23. The maximum atomic E-state index is 12.8. The third-order valence-electron chi connectivity index (χ3n) is 4.25. The summed E-state index contributed by atoms with van der Waals surface area (Å²) in [6.07, 6.45) is 0.134. The van der Waals surface area contributed by atoms with Gasteiger partial charge in [0, 0.05) is 23.2 Å². The van der Waals surface area contributed by atoms with E-state index in [-0.39, 0.29) is 52.3 Å². The van der Waals surface area contributed by atoms with Crippen LogP contribution in [0.25, 0.3) is 0 Å². The number of ketones is 2. The third kappa shape index (κ3) is 3.33. The molecule has 0 fully saturated rings. The number of ether oxygens (including phenoxy) is 1. The number of rotatable bonds is 5. The van der Waals surface area contributed by atoms with Gasteiger partial charge in [0.1, 0.15) is 0 Å². The van der Waals surface area contributed by atoms with Crippen LogP contribution in [0.5, 0.6) is 0 Å². The van der Waals surface area contributed by atoms with Gasteiger partial charge in [-0.15, -0.1) is 0 Å². The zero-order valence-electron chi connectivity index (χ0n) is 14.7. The molecule has 3 rings (SSSR count). The topological polar surface area (TPSA) is 139 Å². The van der Waals surface area contributed by atoms with Crippen molar-refractivity contribution in [2.45, 2.75) is 6.42 Å². The molecule has 0 saturated heterocycles. The number of carbonyl (C=O) groups is 4. The Balaban J connectivity index is 1.83. The lowest BCUT2D eigenvalue weighted by molar-refractivity contribution is -0.124. The Labute approximate surface area is 159 Å². The standard InChI is InChI=1S/C20H15N3O5/c21-8-3-9-23-15(24)10-28-20(27)14-7-6-13-16(17(14)22)19(26)12-5-2-1-4-11(12)18(13)25/h1-2,4-7H,3,9-10,22H2,(H,23,24). The quantitative estimate of drug-likeness (QED) is 0.387. The molecule has 28 heavy (non-hydrogen) atoms. The molecule has 0 radical (unpaired) electrons.